The average molecular weight is 351 g/mol. The number of carboxylic acids is 1. The van der Waals surface area contributed by atoms with Crippen LogP contribution in [0.25, 0.3) is 0 Å². The predicted octanol–water partition coefficient (Wildman–Crippen LogP) is 4.00. The van der Waals surface area contributed by atoms with Crippen molar-refractivity contribution < 1.29 is 19.4 Å². The van der Waals surface area contributed by atoms with E-state index in [0.717, 1.165) is 16.6 Å². The number of rotatable bonds is 7. The van der Waals surface area contributed by atoms with Crippen LogP contribution in [-0.2, 0) is 0 Å². The van der Waals surface area contributed by atoms with E-state index in [2.05, 4.69) is 15.9 Å². The second-order valence-electron chi connectivity index (χ2n) is 4.33. The second kappa shape index (κ2) is 7.69. The van der Waals surface area contributed by atoms with Crippen LogP contribution >= 0.6 is 15.9 Å². The first-order valence-corrected chi connectivity index (χ1v) is 7.29. The summed E-state index contributed by atoms with van der Waals surface area (Å²) in [4.78, 5) is 10.7. The van der Waals surface area contributed by atoms with E-state index >= 15 is 0 Å². The molecule has 0 unspecified atom stereocenters. The Bertz CT molecular complexity index is 578. The maximum Gasteiger partial charge on any atom is 0.335 e. The summed E-state index contributed by atoms with van der Waals surface area (Å²) >= 11 is 3.37. The van der Waals surface area contributed by atoms with Crippen molar-refractivity contribution in [2.75, 3.05) is 13.2 Å². The zero-order chi connectivity index (χ0) is 15.1. The molecule has 21 heavy (non-hydrogen) atoms. The van der Waals surface area contributed by atoms with Crippen LogP contribution in [0.15, 0.2) is 53.0 Å². The molecule has 0 aliphatic carbocycles. The fraction of sp³-hybridized carbons (Fsp3) is 0.188. The molecule has 0 saturated heterocycles. The highest BCUT2D eigenvalue weighted by molar-refractivity contribution is 9.10. The third-order valence-corrected chi connectivity index (χ3v) is 3.27. The lowest BCUT2D eigenvalue weighted by Crippen LogP contribution is -2.05. The van der Waals surface area contributed by atoms with Crippen molar-refractivity contribution in [2.24, 2.45) is 0 Å². The Morgan fingerprint density at radius 1 is 0.905 bits per heavy atom. The van der Waals surface area contributed by atoms with Gasteiger partial charge < -0.3 is 14.6 Å². The van der Waals surface area contributed by atoms with Crippen LogP contribution in [0, 0.1) is 0 Å². The van der Waals surface area contributed by atoms with E-state index < -0.39 is 5.97 Å². The molecule has 0 atom stereocenters. The standard InChI is InChI=1S/C16H15BrO4/c17-13-4-8-15(9-5-13)21-11-1-10-20-14-6-2-12(3-7-14)16(18)19/h2-9H,1,10-11H2,(H,18,19). The van der Waals surface area contributed by atoms with E-state index in [1.165, 1.54) is 12.1 Å². The van der Waals surface area contributed by atoms with Gasteiger partial charge in [-0.2, -0.15) is 0 Å². The molecule has 0 fully saturated rings. The molecule has 0 amide bonds. The number of hydrogen-bond donors (Lipinski definition) is 1. The van der Waals surface area contributed by atoms with Gasteiger partial charge in [-0.3, -0.25) is 0 Å². The summed E-state index contributed by atoms with van der Waals surface area (Å²) in [6.07, 6.45) is 0.747. The first kappa shape index (κ1) is 15.4. The number of aromatic carboxylic acids is 1. The van der Waals surface area contributed by atoms with Crippen LogP contribution in [0.2, 0.25) is 0 Å². The van der Waals surface area contributed by atoms with Gasteiger partial charge in [-0.15, -0.1) is 0 Å². The first-order valence-electron chi connectivity index (χ1n) is 6.50. The number of carboxylic acid groups (broad SMARTS) is 1. The fourth-order valence-electron chi connectivity index (χ4n) is 1.66. The highest BCUT2D eigenvalue weighted by atomic mass is 79.9. The average Bonchev–Trinajstić information content (AvgIpc) is 2.49. The van der Waals surface area contributed by atoms with E-state index in [1.54, 1.807) is 12.1 Å². The molecule has 0 radical (unpaired) electrons. The number of hydrogen-bond acceptors (Lipinski definition) is 3. The Labute approximate surface area is 131 Å². The van der Waals surface area contributed by atoms with Crippen molar-refractivity contribution in [2.45, 2.75) is 6.42 Å². The van der Waals surface area contributed by atoms with Gasteiger partial charge in [0.25, 0.3) is 0 Å². The largest absolute Gasteiger partial charge is 0.493 e. The second-order valence-corrected chi connectivity index (χ2v) is 5.25. The molecule has 4 nitrogen and oxygen atoms in total. The number of benzene rings is 2. The molecule has 0 heterocycles. The van der Waals surface area contributed by atoms with Gasteiger partial charge in [0, 0.05) is 10.9 Å². The Balaban J connectivity index is 1.67. The summed E-state index contributed by atoms with van der Waals surface area (Å²) < 4.78 is 12.1. The Morgan fingerprint density at radius 3 is 1.86 bits per heavy atom. The molecule has 2 aromatic rings. The first-order chi connectivity index (χ1) is 10.1. The molecule has 0 aromatic heterocycles. The van der Waals surface area contributed by atoms with E-state index in [0.29, 0.717) is 19.0 Å². The molecule has 2 aromatic carbocycles. The van der Waals surface area contributed by atoms with Crippen molar-refractivity contribution in [1.29, 1.82) is 0 Å². The summed E-state index contributed by atoms with van der Waals surface area (Å²) in [6, 6.07) is 14.0. The van der Waals surface area contributed by atoms with Gasteiger partial charge in [-0.05, 0) is 48.5 Å². The minimum Gasteiger partial charge on any atom is -0.493 e. The minimum absolute atomic E-state index is 0.251. The van der Waals surface area contributed by atoms with Gasteiger partial charge in [0.05, 0.1) is 18.8 Å². The quantitative estimate of drug-likeness (QED) is 0.767. The lowest BCUT2D eigenvalue weighted by atomic mass is 10.2. The maximum absolute atomic E-state index is 10.7. The lowest BCUT2D eigenvalue weighted by molar-refractivity contribution is 0.0697. The third kappa shape index (κ3) is 5.11. The molecule has 0 aliphatic heterocycles. The van der Waals surface area contributed by atoms with E-state index in [9.17, 15) is 4.79 Å². The highest BCUT2D eigenvalue weighted by Crippen LogP contribution is 2.16. The monoisotopic (exact) mass is 350 g/mol. The maximum atomic E-state index is 10.7. The summed E-state index contributed by atoms with van der Waals surface area (Å²) in [5.41, 5.74) is 0.251. The molecule has 2 rings (SSSR count). The van der Waals surface area contributed by atoms with E-state index in [-0.39, 0.29) is 5.56 Å². The van der Waals surface area contributed by atoms with Crippen LogP contribution in [0.3, 0.4) is 0 Å². The minimum atomic E-state index is -0.940. The predicted molar refractivity (Wildman–Crippen MR) is 83.2 cm³/mol. The van der Waals surface area contributed by atoms with Crippen LogP contribution < -0.4 is 9.47 Å². The van der Waals surface area contributed by atoms with Crippen molar-refractivity contribution >= 4 is 21.9 Å². The molecule has 0 spiro atoms. The number of halogens is 1. The topological polar surface area (TPSA) is 55.8 Å². The molecule has 1 N–H and O–H groups in total. The van der Waals surface area contributed by atoms with E-state index in [1.807, 2.05) is 24.3 Å². The van der Waals surface area contributed by atoms with Gasteiger partial charge in [0.2, 0.25) is 0 Å². The van der Waals surface area contributed by atoms with Gasteiger partial charge in [-0.1, -0.05) is 15.9 Å². The molecule has 0 saturated carbocycles. The van der Waals surface area contributed by atoms with Gasteiger partial charge in [-0.25, -0.2) is 4.79 Å². The SMILES string of the molecule is O=C(O)c1ccc(OCCCOc2ccc(Br)cc2)cc1. The third-order valence-electron chi connectivity index (χ3n) is 2.74. The number of carbonyl (C=O) groups is 1. The van der Waals surface area contributed by atoms with Crippen LogP contribution in [0.5, 0.6) is 11.5 Å². The summed E-state index contributed by atoms with van der Waals surface area (Å²) in [5.74, 6) is 0.539. The van der Waals surface area contributed by atoms with Crippen LogP contribution in [-0.4, -0.2) is 24.3 Å². The smallest absolute Gasteiger partial charge is 0.335 e. The van der Waals surface area contributed by atoms with Gasteiger partial charge in [0.15, 0.2) is 0 Å². The van der Waals surface area contributed by atoms with Crippen LogP contribution in [0.1, 0.15) is 16.8 Å². The zero-order valence-corrected chi connectivity index (χ0v) is 12.9. The van der Waals surface area contributed by atoms with Crippen molar-refractivity contribution in [3.05, 3.63) is 58.6 Å². The lowest BCUT2D eigenvalue weighted by Gasteiger charge is -2.08. The van der Waals surface area contributed by atoms with Crippen molar-refractivity contribution in [1.82, 2.24) is 0 Å². The molecule has 0 aliphatic rings. The molecular weight excluding hydrogens is 336 g/mol. The van der Waals surface area contributed by atoms with Crippen molar-refractivity contribution in [3.8, 4) is 11.5 Å². The fourth-order valence-corrected chi connectivity index (χ4v) is 1.93. The Morgan fingerprint density at radius 2 is 1.38 bits per heavy atom. The van der Waals surface area contributed by atoms with E-state index in [4.69, 9.17) is 14.6 Å². The molecule has 0 bridgehead atoms. The van der Waals surface area contributed by atoms with Crippen LogP contribution in [0.4, 0.5) is 0 Å². The van der Waals surface area contributed by atoms with Gasteiger partial charge in [0.1, 0.15) is 11.5 Å². The summed E-state index contributed by atoms with van der Waals surface area (Å²) in [5, 5.41) is 8.79. The highest BCUT2D eigenvalue weighted by Gasteiger charge is 2.02. The molecule has 5 heteroatoms. The Kier molecular flexibility index (Phi) is 5.63. The summed E-state index contributed by atoms with van der Waals surface area (Å²) in [7, 11) is 0. The summed E-state index contributed by atoms with van der Waals surface area (Å²) in [6.45, 7) is 1.08. The molecular formula is C16H15BrO4. The van der Waals surface area contributed by atoms with Crippen molar-refractivity contribution in [3.63, 3.8) is 0 Å². The normalized spacial score (nSPS) is 10.1. The van der Waals surface area contributed by atoms with Gasteiger partial charge >= 0.3 is 5.97 Å². The number of ether oxygens (including phenoxy) is 2. The Hall–Kier alpha value is -2.01. The molecule has 110 valence electrons. The zero-order valence-electron chi connectivity index (χ0n) is 11.3.